The maximum Gasteiger partial charge on any atom is 0.251 e. The van der Waals surface area contributed by atoms with E-state index in [1.54, 1.807) is 36.8 Å². The Kier molecular flexibility index (Phi) is 5.91. The second-order valence-electron chi connectivity index (χ2n) is 5.63. The molecule has 0 radical (unpaired) electrons. The Hall–Kier alpha value is -2.63. The first-order valence-electron chi connectivity index (χ1n) is 7.71. The van der Waals surface area contributed by atoms with Crippen molar-refractivity contribution in [3.8, 4) is 0 Å². The third-order valence-electron chi connectivity index (χ3n) is 3.35. The lowest BCUT2D eigenvalue weighted by atomic mass is 10.1. The van der Waals surface area contributed by atoms with Crippen LogP contribution in [0.1, 0.15) is 30.6 Å². The summed E-state index contributed by atoms with van der Waals surface area (Å²) in [6.45, 7) is 5.04. The second kappa shape index (κ2) is 8.12. The zero-order valence-corrected chi connectivity index (χ0v) is 13.5. The summed E-state index contributed by atoms with van der Waals surface area (Å²) in [4.78, 5) is 27.8. The van der Waals surface area contributed by atoms with E-state index in [0.717, 1.165) is 13.0 Å². The number of hydrogen-bond donors (Lipinski definition) is 2. The number of amides is 2. The SMILES string of the molecule is CC(C)C(=O)Nc1cccc(C(=O)NCCCn2ccnc2)c1. The van der Waals surface area contributed by atoms with Crippen molar-refractivity contribution in [2.24, 2.45) is 5.92 Å². The summed E-state index contributed by atoms with van der Waals surface area (Å²) in [6.07, 6.45) is 6.20. The number of nitrogens with zero attached hydrogens (tertiary/aromatic N) is 2. The molecule has 6 nitrogen and oxygen atoms in total. The molecule has 0 saturated carbocycles. The van der Waals surface area contributed by atoms with Crippen LogP contribution in [0.15, 0.2) is 43.0 Å². The van der Waals surface area contributed by atoms with Crippen LogP contribution in [0.4, 0.5) is 5.69 Å². The van der Waals surface area contributed by atoms with Gasteiger partial charge in [-0.1, -0.05) is 19.9 Å². The molecule has 0 saturated heterocycles. The third kappa shape index (κ3) is 5.25. The van der Waals surface area contributed by atoms with E-state index in [0.29, 0.717) is 17.8 Å². The predicted molar refractivity (Wildman–Crippen MR) is 89.1 cm³/mol. The zero-order valence-electron chi connectivity index (χ0n) is 13.5. The van der Waals surface area contributed by atoms with Gasteiger partial charge in [-0.15, -0.1) is 0 Å². The molecule has 0 fully saturated rings. The van der Waals surface area contributed by atoms with Gasteiger partial charge in [-0.3, -0.25) is 9.59 Å². The fourth-order valence-corrected chi connectivity index (χ4v) is 2.01. The lowest BCUT2D eigenvalue weighted by Gasteiger charge is -2.10. The average molecular weight is 314 g/mol. The van der Waals surface area contributed by atoms with Gasteiger partial charge in [-0.2, -0.15) is 0 Å². The standard InChI is InChI=1S/C17H22N4O2/c1-13(2)16(22)20-15-6-3-5-14(11-15)17(23)19-7-4-9-21-10-8-18-12-21/h3,5-6,8,10-13H,4,7,9H2,1-2H3,(H,19,23)(H,20,22). The van der Waals surface area contributed by atoms with E-state index in [4.69, 9.17) is 0 Å². The minimum atomic E-state index is -0.142. The number of anilines is 1. The molecule has 0 unspecified atom stereocenters. The van der Waals surface area contributed by atoms with E-state index in [-0.39, 0.29) is 17.7 Å². The van der Waals surface area contributed by atoms with Crippen molar-refractivity contribution in [1.29, 1.82) is 0 Å². The molecule has 1 aromatic heterocycles. The molecular formula is C17H22N4O2. The highest BCUT2D eigenvalue weighted by Crippen LogP contribution is 2.12. The summed E-state index contributed by atoms with van der Waals surface area (Å²) in [7, 11) is 0. The van der Waals surface area contributed by atoms with Gasteiger partial charge in [0, 0.05) is 42.7 Å². The molecule has 0 spiro atoms. The molecule has 0 aliphatic rings. The van der Waals surface area contributed by atoms with E-state index < -0.39 is 0 Å². The van der Waals surface area contributed by atoms with Crippen molar-refractivity contribution in [2.75, 3.05) is 11.9 Å². The summed E-state index contributed by atoms with van der Waals surface area (Å²) in [5.74, 6) is -0.310. The van der Waals surface area contributed by atoms with Gasteiger partial charge in [-0.05, 0) is 24.6 Å². The largest absolute Gasteiger partial charge is 0.352 e. The summed E-state index contributed by atoms with van der Waals surface area (Å²) >= 11 is 0. The van der Waals surface area contributed by atoms with Crippen LogP contribution in [0.25, 0.3) is 0 Å². The number of carbonyl (C=O) groups excluding carboxylic acids is 2. The molecule has 0 atom stereocenters. The number of aromatic nitrogens is 2. The molecule has 0 aliphatic heterocycles. The number of carbonyl (C=O) groups is 2. The molecule has 1 heterocycles. The molecule has 6 heteroatoms. The molecule has 122 valence electrons. The molecular weight excluding hydrogens is 292 g/mol. The Morgan fingerprint density at radius 2 is 2.13 bits per heavy atom. The Labute approximate surface area is 135 Å². The molecule has 2 aromatic rings. The lowest BCUT2D eigenvalue weighted by Crippen LogP contribution is -2.25. The van der Waals surface area contributed by atoms with Gasteiger partial charge in [0.05, 0.1) is 6.33 Å². The molecule has 0 bridgehead atoms. The lowest BCUT2D eigenvalue weighted by molar-refractivity contribution is -0.118. The average Bonchev–Trinajstić information content (AvgIpc) is 3.05. The number of benzene rings is 1. The zero-order chi connectivity index (χ0) is 16.7. The number of imidazole rings is 1. The van der Waals surface area contributed by atoms with Crippen LogP contribution >= 0.6 is 0 Å². The first-order valence-corrected chi connectivity index (χ1v) is 7.71. The van der Waals surface area contributed by atoms with E-state index in [1.807, 2.05) is 24.6 Å². The third-order valence-corrected chi connectivity index (χ3v) is 3.35. The molecule has 0 aliphatic carbocycles. The molecule has 2 amide bonds. The van der Waals surface area contributed by atoms with Gasteiger partial charge >= 0.3 is 0 Å². The van der Waals surface area contributed by atoms with E-state index in [2.05, 4.69) is 15.6 Å². The highest BCUT2D eigenvalue weighted by atomic mass is 16.2. The van der Waals surface area contributed by atoms with Gasteiger partial charge in [-0.25, -0.2) is 4.98 Å². The van der Waals surface area contributed by atoms with Crippen molar-refractivity contribution in [2.45, 2.75) is 26.8 Å². The van der Waals surface area contributed by atoms with Crippen LogP contribution in [0, 0.1) is 5.92 Å². The topological polar surface area (TPSA) is 76.0 Å². The highest BCUT2D eigenvalue weighted by molar-refractivity contribution is 5.97. The van der Waals surface area contributed by atoms with Gasteiger partial charge in [0.1, 0.15) is 0 Å². The first-order chi connectivity index (χ1) is 11.1. The van der Waals surface area contributed by atoms with Crippen LogP contribution in [-0.2, 0) is 11.3 Å². The second-order valence-corrected chi connectivity index (χ2v) is 5.63. The highest BCUT2D eigenvalue weighted by Gasteiger charge is 2.09. The Morgan fingerprint density at radius 1 is 1.30 bits per heavy atom. The summed E-state index contributed by atoms with van der Waals surface area (Å²) in [5, 5.41) is 5.67. The van der Waals surface area contributed by atoms with Crippen LogP contribution in [0.5, 0.6) is 0 Å². The Morgan fingerprint density at radius 3 is 2.83 bits per heavy atom. The van der Waals surface area contributed by atoms with Crippen LogP contribution in [0.2, 0.25) is 0 Å². The first kappa shape index (κ1) is 16.7. The van der Waals surface area contributed by atoms with E-state index in [9.17, 15) is 9.59 Å². The molecule has 1 aromatic carbocycles. The van der Waals surface area contributed by atoms with Gasteiger partial charge in [0.15, 0.2) is 0 Å². The molecule has 23 heavy (non-hydrogen) atoms. The fourth-order valence-electron chi connectivity index (χ4n) is 2.01. The van der Waals surface area contributed by atoms with Crippen molar-refractivity contribution < 1.29 is 9.59 Å². The number of rotatable bonds is 7. The van der Waals surface area contributed by atoms with Crippen LogP contribution in [-0.4, -0.2) is 27.9 Å². The normalized spacial score (nSPS) is 10.6. The van der Waals surface area contributed by atoms with Gasteiger partial charge < -0.3 is 15.2 Å². The van der Waals surface area contributed by atoms with Crippen LogP contribution in [0.3, 0.4) is 0 Å². The molecule has 2 N–H and O–H groups in total. The number of nitrogens with one attached hydrogen (secondary N) is 2. The summed E-state index contributed by atoms with van der Waals surface area (Å²) in [6, 6.07) is 6.95. The van der Waals surface area contributed by atoms with Gasteiger partial charge in [0.25, 0.3) is 5.91 Å². The van der Waals surface area contributed by atoms with Crippen molar-refractivity contribution in [3.63, 3.8) is 0 Å². The van der Waals surface area contributed by atoms with Crippen LogP contribution < -0.4 is 10.6 Å². The quantitative estimate of drug-likeness (QED) is 0.770. The maximum absolute atomic E-state index is 12.1. The van der Waals surface area contributed by atoms with Crippen molar-refractivity contribution in [3.05, 3.63) is 48.5 Å². The minimum Gasteiger partial charge on any atom is -0.352 e. The van der Waals surface area contributed by atoms with Gasteiger partial charge in [0.2, 0.25) is 5.91 Å². The van der Waals surface area contributed by atoms with E-state index in [1.165, 1.54) is 0 Å². The van der Waals surface area contributed by atoms with Crippen molar-refractivity contribution in [1.82, 2.24) is 14.9 Å². The molecule has 2 rings (SSSR count). The van der Waals surface area contributed by atoms with E-state index >= 15 is 0 Å². The Bertz CT molecular complexity index is 650. The van der Waals surface area contributed by atoms with Crippen molar-refractivity contribution >= 4 is 17.5 Å². The predicted octanol–water partition coefficient (Wildman–Crippen LogP) is 2.30. The smallest absolute Gasteiger partial charge is 0.251 e. The monoisotopic (exact) mass is 314 g/mol. The minimum absolute atomic E-state index is 0.0668. The maximum atomic E-state index is 12.1. The number of hydrogen-bond acceptors (Lipinski definition) is 3. The Balaban J connectivity index is 1.83. The number of aryl methyl sites for hydroxylation is 1. The summed E-state index contributed by atoms with van der Waals surface area (Å²) in [5.41, 5.74) is 1.17. The fraction of sp³-hybridized carbons (Fsp3) is 0.353. The summed E-state index contributed by atoms with van der Waals surface area (Å²) < 4.78 is 1.97.